The Morgan fingerprint density at radius 1 is 1.65 bits per heavy atom. The van der Waals surface area contributed by atoms with Crippen molar-refractivity contribution >= 4 is 15.9 Å². The number of rotatable bonds is 4. The quantitative estimate of drug-likeness (QED) is 0.337. The van der Waals surface area contributed by atoms with Gasteiger partial charge in [-0.25, -0.2) is 8.42 Å². The molecule has 0 saturated heterocycles. The zero-order chi connectivity index (χ0) is 13.1. The maximum atomic E-state index is 12.1. The summed E-state index contributed by atoms with van der Waals surface area (Å²) >= 11 is 0. The summed E-state index contributed by atoms with van der Waals surface area (Å²) in [6.07, 6.45) is 2.72. The lowest BCUT2D eigenvalue weighted by Gasteiger charge is -2.22. The highest BCUT2D eigenvalue weighted by molar-refractivity contribution is 7.89. The number of aromatic nitrogens is 1. The number of oxime groups is 1. The third-order valence-corrected chi connectivity index (χ3v) is 4.31. The van der Waals surface area contributed by atoms with Crippen LogP contribution >= 0.6 is 0 Å². The van der Waals surface area contributed by atoms with Gasteiger partial charge in [0.25, 0.3) is 0 Å². The molecule has 0 radical (unpaired) electrons. The Balaban J connectivity index is 3.08. The summed E-state index contributed by atoms with van der Waals surface area (Å²) in [6.45, 7) is 1.52. The smallest absolute Gasteiger partial charge is 0.245 e. The Morgan fingerprint density at radius 3 is 2.76 bits per heavy atom. The highest BCUT2D eigenvalue weighted by Crippen LogP contribution is 2.14. The molecule has 1 aromatic heterocycles. The average Bonchev–Trinajstić information content (AvgIpc) is 2.37. The van der Waals surface area contributed by atoms with Gasteiger partial charge in [0, 0.05) is 19.4 Å². The molecule has 7 nitrogen and oxygen atoms in total. The summed E-state index contributed by atoms with van der Waals surface area (Å²) in [5, 5.41) is 11.3. The largest absolute Gasteiger partial charge is 0.409 e. The lowest BCUT2D eigenvalue weighted by molar-refractivity contribution is 0.311. The highest BCUT2D eigenvalue weighted by atomic mass is 32.2. The first kappa shape index (κ1) is 13.4. The van der Waals surface area contributed by atoms with Gasteiger partial charge in [0.05, 0.1) is 6.04 Å². The molecule has 1 heterocycles. The molecule has 0 fully saturated rings. The third-order valence-electron chi connectivity index (χ3n) is 2.40. The van der Waals surface area contributed by atoms with E-state index in [1.54, 1.807) is 0 Å². The Morgan fingerprint density at radius 2 is 2.29 bits per heavy atom. The molecular formula is C9H14N4O3S. The fourth-order valence-corrected chi connectivity index (χ4v) is 2.45. The third kappa shape index (κ3) is 2.71. The first-order valence-corrected chi connectivity index (χ1v) is 6.20. The molecule has 0 aliphatic carbocycles. The van der Waals surface area contributed by atoms with Gasteiger partial charge in [-0.1, -0.05) is 5.16 Å². The molecular weight excluding hydrogens is 244 g/mol. The van der Waals surface area contributed by atoms with Crippen molar-refractivity contribution in [3.63, 3.8) is 0 Å². The summed E-state index contributed by atoms with van der Waals surface area (Å²) in [7, 11) is -2.34. The van der Waals surface area contributed by atoms with Crippen molar-refractivity contribution in [1.29, 1.82) is 0 Å². The SMILES string of the molecule is CC(C(N)=NO)N(C)S(=O)(=O)c1cccnc1. The molecule has 1 unspecified atom stereocenters. The topological polar surface area (TPSA) is 109 Å². The van der Waals surface area contributed by atoms with Gasteiger partial charge >= 0.3 is 0 Å². The maximum absolute atomic E-state index is 12.1. The molecule has 1 aromatic rings. The second-order valence-electron chi connectivity index (χ2n) is 3.41. The number of amidine groups is 1. The van der Waals surface area contributed by atoms with Crippen LogP contribution in [0, 0.1) is 0 Å². The first-order valence-electron chi connectivity index (χ1n) is 4.76. The molecule has 94 valence electrons. The van der Waals surface area contributed by atoms with Crippen LogP contribution in [0.1, 0.15) is 6.92 Å². The zero-order valence-electron chi connectivity index (χ0n) is 9.48. The molecule has 17 heavy (non-hydrogen) atoms. The second kappa shape index (κ2) is 5.11. The maximum Gasteiger partial charge on any atom is 0.245 e. The van der Waals surface area contributed by atoms with Crippen LogP contribution in [0.2, 0.25) is 0 Å². The van der Waals surface area contributed by atoms with Gasteiger partial charge in [0.1, 0.15) is 4.90 Å². The monoisotopic (exact) mass is 258 g/mol. The van der Waals surface area contributed by atoms with E-state index in [9.17, 15) is 8.42 Å². The Labute approximate surface area is 99.6 Å². The molecule has 1 rings (SSSR count). The Hall–Kier alpha value is -1.67. The minimum absolute atomic E-state index is 0.0556. The van der Waals surface area contributed by atoms with Crippen LogP contribution in [0.3, 0.4) is 0 Å². The summed E-state index contributed by atoms with van der Waals surface area (Å²) < 4.78 is 25.2. The van der Waals surface area contributed by atoms with Crippen molar-refractivity contribution in [1.82, 2.24) is 9.29 Å². The number of likely N-dealkylation sites (N-methyl/N-ethyl adjacent to an activating group) is 1. The first-order chi connectivity index (χ1) is 7.91. The summed E-state index contributed by atoms with van der Waals surface area (Å²) in [4.78, 5) is 3.80. The minimum atomic E-state index is -3.69. The number of nitrogens with zero attached hydrogens (tertiary/aromatic N) is 3. The van der Waals surface area contributed by atoms with Crippen LogP contribution < -0.4 is 5.73 Å². The summed E-state index contributed by atoms with van der Waals surface area (Å²) in [5.74, 6) is -0.181. The molecule has 0 aliphatic heterocycles. The normalized spacial score (nSPS) is 14.9. The summed E-state index contributed by atoms with van der Waals surface area (Å²) in [5.41, 5.74) is 5.37. The van der Waals surface area contributed by atoms with E-state index in [2.05, 4.69) is 10.1 Å². The van der Waals surface area contributed by atoms with E-state index in [1.807, 2.05) is 0 Å². The lowest BCUT2D eigenvalue weighted by atomic mass is 10.3. The van der Waals surface area contributed by atoms with Gasteiger partial charge in [0.15, 0.2) is 5.84 Å². The molecule has 0 bridgehead atoms. The highest BCUT2D eigenvalue weighted by Gasteiger charge is 2.27. The molecule has 0 aromatic carbocycles. The fourth-order valence-electron chi connectivity index (χ4n) is 1.14. The summed E-state index contributed by atoms with van der Waals surface area (Å²) in [6, 6.07) is 2.21. The number of hydrogen-bond acceptors (Lipinski definition) is 5. The Kier molecular flexibility index (Phi) is 4.02. The van der Waals surface area contributed by atoms with Crippen LogP contribution in [0.15, 0.2) is 34.6 Å². The van der Waals surface area contributed by atoms with Gasteiger partial charge < -0.3 is 10.9 Å². The predicted octanol–water partition coefficient (Wildman–Crippen LogP) is -0.163. The van der Waals surface area contributed by atoms with Crippen LogP contribution in [0.25, 0.3) is 0 Å². The van der Waals surface area contributed by atoms with E-state index in [0.29, 0.717) is 0 Å². The van der Waals surface area contributed by atoms with Gasteiger partial charge in [-0.15, -0.1) is 0 Å². The van der Waals surface area contributed by atoms with E-state index in [0.717, 1.165) is 4.31 Å². The van der Waals surface area contributed by atoms with Crippen LogP contribution in [-0.4, -0.2) is 41.8 Å². The van der Waals surface area contributed by atoms with Crippen molar-refractivity contribution in [2.45, 2.75) is 17.9 Å². The zero-order valence-corrected chi connectivity index (χ0v) is 10.3. The van der Waals surface area contributed by atoms with E-state index < -0.39 is 16.1 Å². The molecule has 1 atom stereocenters. The van der Waals surface area contributed by atoms with Crippen molar-refractivity contribution in [3.05, 3.63) is 24.5 Å². The minimum Gasteiger partial charge on any atom is -0.409 e. The van der Waals surface area contributed by atoms with E-state index in [1.165, 1.54) is 38.5 Å². The van der Waals surface area contributed by atoms with Crippen molar-refractivity contribution in [2.75, 3.05) is 7.05 Å². The number of sulfonamides is 1. The van der Waals surface area contributed by atoms with E-state index in [-0.39, 0.29) is 10.7 Å². The number of pyridine rings is 1. The van der Waals surface area contributed by atoms with Crippen molar-refractivity contribution < 1.29 is 13.6 Å². The van der Waals surface area contributed by atoms with Gasteiger partial charge in [-0.05, 0) is 19.1 Å². The van der Waals surface area contributed by atoms with Crippen molar-refractivity contribution in [2.24, 2.45) is 10.9 Å². The lowest BCUT2D eigenvalue weighted by Crippen LogP contribution is -2.43. The molecule has 0 spiro atoms. The Bertz CT molecular complexity index is 500. The average molecular weight is 258 g/mol. The van der Waals surface area contributed by atoms with E-state index in [4.69, 9.17) is 10.9 Å². The molecule has 0 aliphatic rings. The number of hydrogen-bond donors (Lipinski definition) is 2. The van der Waals surface area contributed by atoms with Crippen LogP contribution in [-0.2, 0) is 10.0 Å². The van der Waals surface area contributed by atoms with Gasteiger partial charge in [-0.2, -0.15) is 4.31 Å². The molecule has 8 heteroatoms. The molecule has 0 saturated carbocycles. The fraction of sp³-hybridized carbons (Fsp3) is 0.333. The second-order valence-corrected chi connectivity index (χ2v) is 5.41. The molecule has 0 amide bonds. The predicted molar refractivity (Wildman–Crippen MR) is 62.1 cm³/mol. The van der Waals surface area contributed by atoms with E-state index >= 15 is 0 Å². The molecule has 3 N–H and O–H groups in total. The van der Waals surface area contributed by atoms with Crippen LogP contribution in [0.4, 0.5) is 0 Å². The van der Waals surface area contributed by atoms with Gasteiger partial charge in [0.2, 0.25) is 10.0 Å². The standard InChI is InChI=1S/C9H14N4O3S/c1-7(9(10)12-14)13(2)17(15,16)8-4-3-5-11-6-8/h3-7,14H,1-2H3,(H2,10,12). The van der Waals surface area contributed by atoms with Crippen molar-refractivity contribution in [3.8, 4) is 0 Å². The van der Waals surface area contributed by atoms with Gasteiger partial charge in [-0.3, -0.25) is 4.98 Å². The number of nitrogens with two attached hydrogens (primary N) is 1. The van der Waals surface area contributed by atoms with Crippen LogP contribution in [0.5, 0.6) is 0 Å².